The Hall–Kier alpha value is -2.95. The lowest BCUT2D eigenvalue weighted by molar-refractivity contribution is -0.144. The lowest BCUT2D eigenvalue weighted by Crippen LogP contribution is -2.08. The highest BCUT2D eigenvalue weighted by Crippen LogP contribution is 2.24. The van der Waals surface area contributed by atoms with Gasteiger partial charge in [-0.1, -0.05) is 18.2 Å². The lowest BCUT2D eigenvalue weighted by atomic mass is 10.1. The maximum atomic E-state index is 12.2. The molecule has 0 fully saturated rings. The minimum atomic E-state index is -0.287. The van der Waals surface area contributed by atoms with Crippen LogP contribution in [0.5, 0.6) is 11.5 Å². The maximum absolute atomic E-state index is 12.2. The van der Waals surface area contributed by atoms with Crippen LogP contribution in [0.1, 0.15) is 11.1 Å². The van der Waals surface area contributed by atoms with E-state index in [-0.39, 0.29) is 19.0 Å². The third-order valence-electron chi connectivity index (χ3n) is 3.89. The average molecular weight is 325 g/mol. The van der Waals surface area contributed by atoms with Gasteiger partial charge in [0.05, 0.1) is 20.6 Å². The standard InChI is InChI=1S/C19H19NO4/c1-22-15-7-8-17-16(10-15)14(11-20-17)9-19(21)24-12-13-5-3-4-6-18(13)23-2/h3-8,10-11,20H,9,12H2,1-2H3. The molecule has 0 atom stereocenters. The number of hydrogen-bond donors (Lipinski definition) is 1. The number of H-pyrrole nitrogens is 1. The molecule has 0 aliphatic carbocycles. The molecule has 2 aromatic carbocycles. The van der Waals surface area contributed by atoms with Crippen LogP contribution in [0.4, 0.5) is 0 Å². The monoisotopic (exact) mass is 325 g/mol. The Morgan fingerprint density at radius 3 is 2.67 bits per heavy atom. The molecule has 3 aromatic rings. The van der Waals surface area contributed by atoms with Gasteiger partial charge in [-0.3, -0.25) is 4.79 Å². The van der Waals surface area contributed by atoms with Gasteiger partial charge in [0.1, 0.15) is 18.1 Å². The first kappa shape index (κ1) is 15.9. The summed E-state index contributed by atoms with van der Waals surface area (Å²) < 4.78 is 15.9. The van der Waals surface area contributed by atoms with Crippen LogP contribution in [0.2, 0.25) is 0 Å². The fraction of sp³-hybridized carbons (Fsp3) is 0.211. The Morgan fingerprint density at radius 2 is 1.88 bits per heavy atom. The molecule has 1 aromatic heterocycles. The van der Waals surface area contributed by atoms with E-state index in [1.807, 2.05) is 48.7 Å². The number of ether oxygens (including phenoxy) is 3. The molecule has 0 amide bonds. The molecule has 1 N–H and O–H groups in total. The summed E-state index contributed by atoms with van der Waals surface area (Å²) in [6.07, 6.45) is 2.02. The first-order valence-corrected chi connectivity index (χ1v) is 7.63. The van der Waals surface area contributed by atoms with E-state index in [2.05, 4.69) is 4.98 Å². The Kier molecular flexibility index (Phi) is 4.70. The summed E-state index contributed by atoms with van der Waals surface area (Å²) >= 11 is 0. The largest absolute Gasteiger partial charge is 0.497 e. The predicted molar refractivity (Wildman–Crippen MR) is 91.3 cm³/mol. The number of carbonyl (C=O) groups is 1. The molecule has 0 spiro atoms. The molecule has 5 nitrogen and oxygen atoms in total. The molecule has 1 heterocycles. The number of esters is 1. The molecular weight excluding hydrogens is 306 g/mol. The second kappa shape index (κ2) is 7.08. The smallest absolute Gasteiger partial charge is 0.310 e. The van der Waals surface area contributed by atoms with E-state index in [0.717, 1.165) is 27.8 Å². The second-order valence-corrected chi connectivity index (χ2v) is 5.37. The van der Waals surface area contributed by atoms with Crippen molar-refractivity contribution in [3.05, 3.63) is 59.8 Å². The van der Waals surface area contributed by atoms with Gasteiger partial charge in [0.25, 0.3) is 0 Å². The van der Waals surface area contributed by atoms with Crippen molar-refractivity contribution in [2.45, 2.75) is 13.0 Å². The molecule has 24 heavy (non-hydrogen) atoms. The molecule has 0 radical (unpaired) electrons. The number of methoxy groups -OCH3 is 2. The van der Waals surface area contributed by atoms with E-state index in [1.165, 1.54) is 0 Å². The highest BCUT2D eigenvalue weighted by Gasteiger charge is 2.12. The summed E-state index contributed by atoms with van der Waals surface area (Å²) in [5.74, 6) is 1.18. The van der Waals surface area contributed by atoms with Crippen LogP contribution in [-0.4, -0.2) is 25.2 Å². The SMILES string of the molecule is COc1ccc2[nH]cc(CC(=O)OCc3ccccc3OC)c2c1. The second-order valence-electron chi connectivity index (χ2n) is 5.37. The van der Waals surface area contributed by atoms with E-state index in [9.17, 15) is 4.79 Å². The average Bonchev–Trinajstić information content (AvgIpc) is 3.02. The van der Waals surface area contributed by atoms with Gasteiger partial charge in [-0.15, -0.1) is 0 Å². The first-order valence-electron chi connectivity index (χ1n) is 7.63. The lowest BCUT2D eigenvalue weighted by Gasteiger charge is -2.09. The Bertz CT molecular complexity index is 853. The number of aromatic nitrogens is 1. The molecule has 0 bridgehead atoms. The van der Waals surface area contributed by atoms with E-state index in [0.29, 0.717) is 5.75 Å². The van der Waals surface area contributed by atoms with Gasteiger partial charge < -0.3 is 19.2 Å². The van der Waals surface area contributed by atoms with Crippen LogP contribution in [-0.2, 0) is 22.6 Å². The molecule has 0 aliphatic rings. The minimum absolute atomic E-state index is 0.189. The summed E-state index contributed by atoms with van der Waals surface area (Å²) in [6.45, 7) is 0.189. The van der Waals surface area contributed by atoms with Crippen molar-refractivity contribution in [3.63, 3.8) is 0 Å². The van der Waals surface area contributed by atoms with Crippen LogP contribution in [0, 0.1) is 0 Å². The Labute approximate surface area is 140 Å². The van der Waals surface area contributed by atoms with Gasteiger partial charge in [0.2, 0.25) is 0 Å². The maximum Gasteiger partial charge on any atom is 0.310 e. The zero-order valence-electron chi connectivity index (χ0n) is 13.7. The molecule has 124 valence electrons. The molecule has 0 unspecified atom stereocenters. The van der Waals surface area contributed by atoms with Crippen LogP contribution in [0.25, 0.3) is 10.9 Å². The minimum Gasteiger partial charge on any atom is -0.497 e. The fourth-order valence-electron chi connectivity index (χ4n) is 2.62. The van der Waals surface area contributed by atoms with Gasteiger partial charge in [-0.05, 0) is 29.8 Å². The van der Waals surface area contributed by atoms with Crippen molar-refractivity contribution in [1.29, 1.82) is 0 Å². The first-order chi connectivity index (χ1) is 11.7. The number of nitrogens with one attached hydrogen (secondary N) is 1. The zero-order valence-corrected chi connectivity index (χ0v) is 13.7. The number of rotatable bonds is 6. The van der Waals surface area contributed by atoms with Crippen molar-refractivity contribution in [3.8, 4) is 11.5 Å². The molecule has 0 saturated carbocycles. The van der Waals surface area contributed by atoms with Crippen molar-refractivity contribution in [2.75, 3.05) is 14.2 Å². The highest BCUT2D eigenvalue weighted by atomic mass is 16.5. The normalized spacial score (nSPS) is 10.6. The predicted octanol–water partition coefficient (Wildman–Crippen LogP) is 3.47. The van der Waals surface area contributed by atoms with E-state index in [4.69, 9.17) is 14.2 Å². The van der Waals surface area contributed by atoms with Gasteiger partial charge in [-0.2, -0.15) is 0 Å². The van der Waals surface area contributed by atoms with E-state index in [1.54, 1.807) is 14.2 Å². The third-order valence-corrected chi connectivity index (χ3v) is 3.89. The Morgan fingerprint density at radius 1 is 1.04 bits per heavy atom. The summed E-state index contributed by atoms with van der Waals surface area (Å²) in [5.41, 5.74) is 2.69. The summed E-state index contributed by atoms with van der Waals surface area (Å²) in [5, 5.41) is 0.962. The van der Waals surface area contributed by atoms with E-state index < -0.39 is 0 Å². The molecule has 3 rings (SSSR count). The number of carbonyl (C=O) groups excluding carboxylic acids is 1. The number of para-hydroxylation sites is 1. The summed E-state index contributed by atoms with van der Waals surface area (Å²) in [7, 11) is 3.22. The number of fused-ring (bicyclic) bond motifs is 1. The van der Waals surface area contributed by atoms with Crippen LogP contribution in [0.15, 0.2) is 48.7 Å². The number of hydrogen-bond acceptors (Lipinski definition) is 4. The van der Waals surface area contributed by atoms with Crippen molar-refractivity contribution >= 4 is 16.9 Å². The topological polar surface area (TPSA) is 60.6 Å². The van der Waals surface area contributed by atoms with Crippen LogP contribution < -0.4 is 9.47 Å². The van der Waals surface area contributed by atoms with Crippen molar-refractivity contribution in [2.24, 2.45) is 0 Å². The Balaban J connectivity index is 1.69. The van der Waals surface area contributed by atoms with E-state index >= 15 is 0 Å². The molecular formula is C19H19NO4. The van der Waals surface area contributed by atoms with Gasteiger partial charge in [0.15, 0.2) is 0 Å². The van der Waals surface area contributed by atoms with Gasteiger partial charge >= 0.3 is 5.97 Å². The molecule has 5 heteroatoms. The fourth-order valence-corrected chi connectivity index (χ4v) is 2.62. The number of benzene rings is 2. The van der Waals surface area contributed by atoms with Crippen LogP contribution in [0.3, 0.4) is 0 Å². The van der Waals surface area contributed by atoms with Crippen LogP contribution >= 0.6 is 0 Å². The van der Waals surface area contributed by atoms with Crippen molar-refractivity contribution in [1.82, 2.24) is 4.98 Å². The quantitative estimate of drug-likeness (QED) is 0.705. The van der Waals surface area contributed by atoms with Crippen molar-refractivity contribution < 1.29 is 19.0 Å². The summed E-state index contributed by atoms with van der Waals surface area (Å²) in [6, 6.07) is 13.2. The van der Waals surface area contributed by atoms with Gasteiger partial charge in [-0.25, -0.2) is 0 Å². The number of aromatic amines is 1. The zero-order chi connectivity index (χ0) is 16.9. The molecule has 0 aliphatic heterocycles. The van der Waals surface area contributed by atoms with Gasteiger partial charge in [0, 0.05) is 22.7 Å². The third kappa shape index (κ3) is 3.35. The summed E-state index contributed by atoms with van der Waals surface area (Å²) in [4.78, 5) is 15.3. The molecule has 0 saturated heterocycles. The highest BCUT2D eigenvalue weighted by molar-refractivity contribution is 5.88.